The Morgan fingerprint density at radius 3 is 2.64 bits per heavy atom. The Bertz CT molecular complexity index is 821. The number of nitrogens with one attached hydrogen (secondary N) is 1. The lowest BCUT2D eigenvalue weighted by Gasteiger charge is -2.05. The van der Waals surface area contributed by atoms with Crippen molar-refractivity contribution in [3.8, 4) is 0 Å². The second kappa shape index (κ2) is 6.13. The Balaban J connectivity index is 1.97. The summed E-state index contributed by atoms with van der Waals surface area (Å²) in [6.45, 7) is 0.776. The fourth-order valence-electron chi connectivity index (χ4n) is 2.45. The van der Waals surface area contributed by atoms with Gasteiger partial charge in [0, 0.05) is 29.2 Å². The first-order valence-corrected chi connectivity index (χ1v) is 6.94. The molecule has 5 nitrogen and oxygen atoms in total. The summed E-state index contributed by atoms with van der Waals surface area (Å²) in [4.78, 5) is 10.7. The molecule has 3 N–H and O–H groups in total. The number of primary amides is 1. The largest absolute Gasteiger partial charge is 0.350 e. The molecule has 0 aliphatic carbocycles. The van der Waals surface area contributed by atoms with E-state index in [2.05, 4.69) is 33.3 Å². The molecule has 3 rings (SSSR count). The number of carbonyl (C=O) groups is 1. The third-order valence-electron chi connectivity index (χ3n) is 3.39. The molecule has 110 valence electrons. The Hall–Kier alpha value is -3.08. The number of urea groups is 1. The highest BCUT2D eigenvalue weighted by molar-refractivity contribution is 5.99. The van der Waals surface area contributed by atoms with Gasteiger partial charge >= 0.3 is 6.03 Å². The fourth-order valence-corrected chi connectivity index (χ4v) is 2.45. The minimum atomic E-state index is -0.677. The summed E-state index contributed by atoms with van der Waals surface area (Å²) >= 11 is 0. The smallest absolute Gasteiger partial charge is 0.332 e. The van der Waals surface area contributed by atoms with Crippen LogP contribution in [0.25, 0.3) is 10.9 Å². The van der Waals surface area contributed by atoms with E-state index in [0.29, 0.717) is 0 Å². The van der Waals surface area contributed by atoms with Gasteiger partial charge in [0.1, 0.15) is 0 Å². The number of hydrogen-bond donors (Lipinski definition) is 2. The quantitative estimate of drug-likeness (QED) is 0.563. The molecule has 0 aliphatic rings. The van der Waals surface area contributed by atoms with Crippen molar-refractivity contribution in [2.75, 3.05) is 0 Å². The van der Waals surface area contributed by atoms with Gasteiger partial charge in [-0.3, -0.25) is 0 Å². The standard InChI is InChI=1S/C17H16N4O/c18-17(22)20-19-10-14-12-21(11-13-6-2-1-3-7-13)16-9-5-4-8-15(14)16/h1-10,12H,11H2,(H3,18,20,22). The van der Waals surface area contributed by atoms with Gasteiger partial charge in [0.2, 0.25) is 0 Å². The van der Waals surface area contributed by atoms with Crippen LogP contribution >= 0.6 is 0 Å². The summed E-state index contributed by atoms with van der Waals surface area (Å²) in [5, 5.41) is 4.93. The number of aromatic nitrogens is 1. The molecular formula is C17H16N4O. The molecule has 1 heterocycles. The monoisotopic (exact) mass is 292 g/mol. The van der Waals surface area contributed by atoms with Crippen LogP contribution in [0, 0.1) is 0 Å². The first kappa shape index (κ1) is 13.9. The Morgan fingerprint density at radius 2 is 1.86 bits per heavy atom. The molecule has 2 amide bonds. The summed E-state index contributed by atoms with van der Waals surface area (Å²) in [6.07, 6.45) is 3.62. The lowest BCUT2D eigenvalue weighted by atomic mass is 10.2. The average molecular weight is 292 g/mol. The SMILES string of the molecule is NC(=O)NN=Cc1cn(Cc2ccccc2)c2ccccc12. The molecule has 5 heteroatoms. The maximum Gasteiger partial charge on any atom is 0.332 e. The minimum Gasteiger partial charge on any atom is -0.350 e. The van der Waals surface area contributed by atoms with E-state index in [-0.39, 0.29) is 0 Å². The van der Waals surface area contributed by atoms with Crippen LogP contribution in [0.2, 0.25) is 0 Å². The zero-order valence-corrected chi connectivity index (χ0v) is 11.9. The molecule has 0 fully saturated rings. The molecule has 0 spiro atoms. The van der Waals surface area contributed by atoms with Crippen LogP contribution in [0.5, 0.6) is 0 Å². The van der Waals surface area contributed by atoms with Crippen molar-refractivity contribution < 1.29 is 4.79 Å². The van der Waals surface area contributed by atoms with Gasteiger partial charge in [0.25, 0.3) is 0 Å². The topological polar surface area (TPSA) is 72.4 Å². The predicted molar refractivity (Wildman–Crippen MR) is 87.8 cm³/mol. The molecular weight excluding hydrogens is 276 g/mol. The predicted octanol–water partition coefficient (Wildman–Crippen LogP) is 2.69. The minimum absolute atomic E-state index is 0.677. The highest BCUT2D eigenvalue weighted by atomic mass is 16.2. The van der Waals surface area contributed by atoms with Gasteiger partial charge in [-0.05, 0) is 11.6 Å². The second-order valence-corrected chi connectivity index (χ2v) is 4.95. The highest BCUT2D eigenvalue weighted by Gasteiger charge is 2.06. The number of nitrogens with zero attached hydrogens (tertiary/aromatic N) is 2. The van der Waals surface area contributed by atoms with Crippen molar-refractivity contribution in [3.05, 3.63) is 71.9 Å². The number of para-hydroxylation sites is 1. The molecule has 0 aliphatic heterocycles. The number of rotatable bonds is 4. The maximum atomic E-state index is 10.7. The third-order valence-corrected chi connectivity index (χ3v) is 3.39. The summed E-state index contributed by atoms with van der Waals surface area (Å²) < 4.78 is 2.16. The van der Waals surface area contributed by atoms with Crippen molar-refractivity contribution in [1.29, 1.82) is 0 Å². The summed E-state index contributed by atoms with van der Waals surface area (Å²) in [6, 6.07) is 17.7. The lowest BCUT2D eigenvalue weighted by Crippen LogP contribution is -2.24. The number of nitrogens with two attached hydrogens (primary N) is 1. The molecule has 1 aromatic heterocycles. The second-order valence-electron chi connectivity index (χ2n) is 4.95. The van der Waals surface area contributed by atoms with E-state index in [9.17, 15) is 4.79 Å². The van der Waals surface area contributed by atoms with E-state index in [1.807, 2.05) is 42.6 Å². The molecule has 0 bridgehead atoms. The Labute approximate surface area is 128 Å². The van der Waals surface area contributed by atoms with Crippen LogP contribution in [-0.2, 0) is 6.54 Å². The molecule has 0 saturated carbocycles. The van der Waals surface area contributed by atoms with E-state index < -0.39 is 6.03 Å². The Kier molecular flexibility index (Phi) is 3.87. The van der Waals surface area contributed by atoms with E-state index >= 15 is 0 Å². The van der Waals surface area contributed by atoms with E-state index in [0.717, 1.165) is 23.0 Å². The van der Waals surface area contributed by atoms with Gasteiger partial charge in [-0.2, -0.15) is 5.10 Å². The van der Waals surface area contributed by atoms with Crippen LogP contribution in [0.1, 0.15) is 11.1 Å². The lowest BCUT2D eigenvalue weighted by molar-refractivity contribution is 0.249. The fraction of sp³-hybridized carbons (Fsp3) is 0.0588. The molecule has 0 saturated heterocycles. The molecule has 2 aromatic carbocycles. The first-order chi connectivity index (χ1) is 10.7. The number of hydrazone groups is 1. The van der Waals surface area contributed by atoms with Crippen LogP contribution < -0.4 is 11.2 Å². The highest BCUT2D eigenvalue weighted by Crippen LogP contribution is 2.21. The zero-order valence-electron chi connectivity index (χ0n) is 11.9. The van der Waals surface area contributed by atoms with Gasteiger partial charge in [0.15, 0.2) is 0 Å². The van der Waals surface area contributed by atoms with Gasteiger partial charge in [-0.15, -0.1) is 0 Å². The third kappa shape index (κ3) is 2.98. The molecule has 0 atom stereocenters. The summed E-state index contributed by atoms with van der Waals surface area (Å²) in [5.41, 5.74) is 10.5. The van der Waals surface area contributed by atoms with Crippen molar-refractivity contribution in [2.45, 2.75) is 6.54 Å². The summed E-state index contributed by atoms with van der Waals surface area (Å²) in [7, 11) is 0. The number of carbonyl (C=O) groups excluding carboxylic acids is 1. The van der Waals surface area contributed by atoms with Crippen molar-refractivity contribution in [2.24, 2.45) is 10.8 Å². The Morgan fingerprint density at radius 1 is 1.14 bits per heavy atom. The number of benzene rings is 2. The van der Waals surface area contributed by atoms with Crippen LogP contribution in [-0.4, -0.2) is 16.8 Å². The van der Waals surface area contributed by atoms with Gasteiger partial charge in [-0.25, -0.2) is 10.2 Å². The normalized spacial score (nSPS) is 11.1. The zero-order chi connectivity index (χ0) is 15.4. The molecule has 22 heavy (non-hydrogen) atoms. The van der Waals surface area contributed by atoms with Crippen LogP contribution in [0.3, 0.4) is 0 Å². The van der Waals surface area contributed by atoms with Gasteiger partial charge in [-0.1, -0.05) is 48.5 Å². The first-order valence-electron chi connectivity index (χ1n) is 6.94. The van der Waals surface area contributed by atoms with Gasteiger partial charge in [0.05, 0.1) is 6.21 Å². The van der Waals surface area contributed by atoms with Crippen LogP contribution in [0.15, 0.2) is 65.9 Å². The molecule has 0 radical (unpaired) electrons. The summed E-state index contributed by atoms with van der Waals surface area (Å²) in [5.74, 6) is 0. The van der Waals surface area contributed by atoms with E-state index in [1.54, 1.807) is 6.21 Å². The average Bonchev–Trinajstić information content (AvgIpc) is 2.86. The van der Waals surface area contributed by atoms with Crippen molar-refractivity contribution in [1.82, 2.24) is 9.99 Å². The molecule has 0 unspecified atom stereocenters. The number of amides is 2. The van der Waals surface area contributed by atoms with Crippen LogP contribution in [0.4, 0.5) is 4.79 Å². The van der Waals surface area contributed by atoms with Crippen molar-refractivity contribution >= 4 is 23.1 Å². The van der Waals surface area contributed by atoms with E-state index in [4.69, 9.17) is 5.73 Å². The number of hydrogen-bond acceptors (Lipinski definition) is 2. The maximum absolute atomic E-state index is 10.7. The van der Waals surface area contributed by atoms with E-state index in [1.165, 1.54) is 5.56 Å². The van der Waals surface area contributed by atoms with Crippen molar-refractivity contribution in [3.63, 3.8) is 0 Å². The van der Waals surface area contributed by atoms with Gasteiger partial charge < -0.3 is 10.3 Å². The molecule has 3 aromatic rings. The number of fused-ring (bicyclic) bond motifs is 1.